The van der Waals surface area contributed by atoms with Gasteiger partial charge in [0.1, 0.15) is 5.76 Å². The fourth-order valence-electron chi connectivity index (χ4n) is 2.18. The van der Waals surface area contributed by atoms with Crippen LogP contribution >= 0.6 is 0 Å². The second-order valence-corrected chi connectivity index (χ2v) is 4.58. The number of amides is 1. The van der Waals surface area contributed by atoms with Gasteiger partial charge in [-0.05, 0) is 13.0 Å². The Bertz CT molecular complexity index is 446. The molecule has 1 aromatic heterocycles. The van der Waals surface area contributed by atoms with Gasteiger partial charge in [-0.3, -0.25) is 15.1 Å². The Hall–Kier alpha value is -1.41. The average molecular weight is 269 g/mol. The highest BCUT2D eigenvalue weighted by Crippen LogP contribution is 2.18. The molecule has 0 aromatic carbocycles. The van der Waals surface area contributed by atoms with Crippen LogP contribution in [0.5, 0.6) is 0 Å². The van der Waals surface area contributed by atoms with Crippen LogP contribution in [0.2, 0.25) is 0 Å². The number of furan rings is 1. The van der Waals surface area contributed by atoms with Gasteiger partial charge in [-0.15, -0.1) is 0 Å². The van der Waals surface area contributed by atoms with Crippen molar-refractivity contribution < 1.29 is 19.1 Å². The average Bonchev–Trinajstić information content (AvgIpc) is 2.79. The zero-order chi connectivity index (χ0) is 13.8. The number of carbonyl (C=O) groups is 1. The maximum Gasteiger partial charge on any atom is 0.301 e. The molecule has 0 spiro atoms. The molecular weight excluding hydrogens is 250 g/mol. The summed E-state index contributed by atoms with van der Waals surface area (Å²) in [4.78, 5) is 13.5. The third kappa shape index (κ3) is 3.13. The van der Waals surface area contributed by atoms with Crippen molar-refractivity contribution in [2.45, 2.75) is 19.5 Å². The lowest BCUT2D eigenvalue weighted by molar-refractivity contribution is -0.0337. The molecule has 1 aliphatic heterocycles. The minimum Gasteiger partial charge on any atom is -0.454 e. The Morgan fingerprint density at radius 2 is 2.47 bits per heavy atom. The van der Waals surface area contributed by atoms with E-state index in [0.29, 0.717) is 25.5 Å². The molecular formula is C12H19N3O4. The van der Waals surface area contributed by atoms with Crippen molar-refractivity contribution in [2.24, 2.45) is 5.84 Å². The highest BCUT2D eigenvalue weighted by molar-refractivity contribution is 5.92. The minimum absolute atomic E-state index is 0.0362. The molecule has 0 radical (unpaired) electrons. The molecule has 1 saturated heterocycles. The number of hydrazine groups is 1. The summed E-state index contributed by atoms with van der Waals surface area (Å²) < 4.78 is 10.8. The number of aliphatic hydroxyl groups is 1. The summed E-state index contributed by atoms with van der Waals surface area (Å²) in [7, 11) is 0. The lowest BCUT2D eigenvalue weighted by Crippen LogP contribution is -2.46. The van der Waals surface area contributed by atoms with E-state index >= 15 is 0 Å². The monoisotopic (exact) mass is 269 g/mol. The van der Waals surface area contributed by atoms with E-state index < -0.39 is 5.91 Å². The molecule has 1 atom stereocenters. The predicted molar refractivity (Wildman–Crippen MR) is 67.2 cm³/mol. The van der Waals surface area contributed by atoms with Crippen molar-refractivity contribution in [3.8, 4) is 0 Å². The molecule has 7 nitrogen and oxygen atoms in total. The van der Waals surface area contributed by atoms with Gasteiger partial charge < -0.3 is 14.3 Å². The summed E-state index contributed by atoms with van der Waals surface area (Å²) in [6.07, 6.45) is 0. The number of hydrogen-bond acceptors (Lipinski definition) is 6. The number of hydrogen-bond donors (Lipinski definition) is 3. The number of aryl methyl sites for hydroxylation is 1. The Labute approximate surface area is 111 Å². The van der Waals surface area contributed by atoms with E-state index in [1.165, 1.54) is 0 Å². The fourth-order valence-corrected chi connectivity index (χ4v) is 2.18. The molecule has 1 amide bonds. The van der Waals surface area contributed by atoms with Crippen molar-refractivity contribution in [3.05, 3.63) is 23.2 Å². The minimum atomic E-state index is -0.440. The smallest absolute Gasteiger partial charge is 0.301 e. The lowest BCUT2D eigenvalue weighted by atomic mass is 10.2. The van der Waals surface area contributed by atoms with E-state index in [1.54, 1.807) is 6.92 Å². The number of morpholine rings is 1. The van der Waals surface area contributed by atoms with Crippen LogP contribution in [0, 0.1) is 6.92 Å². The summed E-state index contributed by atoms with van der Waals surface area (Å²) in [6.45, 7) is 4.23. The first-order valence-corrected chi connectivity index (χ1v) is 6.18. The normalized spacial score (nSPS) is 20.5. The van der Waals surface area contributed by atoms with Gasteiger partial charge in [-0.25, -0.2) is 5.84 Å². The maximum atomic E-state index is 11.5. The summed E-state index contributed by atoms with van der Waals surface area (Å²) in [6, 6.07) is 1.78. The number of aliphatic hydroxyl groups excluding tert-OH is 1. The molecule has 2 heterocycles. The van der Waals surface area contributed by atoms with Gasteiger partial charge >= 0.3 is 5.91 Å². The molecule has 0 saturated carbocycles. The summed E-state index contributed by atoms with van der Waals surface area (Å²) in [5, 5.41) is 9.29. The molecule has 1 fully saturated rings. The van der Waals surface area contributed by atoms with Gasteiger partial charge in [-0.1, -0.05) is 0 Å². The van der Waals surface area contributed by atoms with Crippen LogP contribution in [0.1, 0.15) is 21.9 Å². The highest BCUT2D eigenvalue weighted by atomic mass is 16.5. The van der Waals surface area contributed by atoms with Crippen LogP contribution in [0.3, 0.4) is 0 Å². The quantitative estimate of drug-likeness (QED) is 0.383. The molecule has 1 unspecified atom stereocenters. The van der Waals surface area contributed by atoms with Crippen LogP contribution in [0.4, 0.5) is 0 Å². The third-order valence-corrected chi connectivity index (χ3v) is 3.23. The van der Waals surface area contributed by atoms with E-state index in [4.69, 9.17) is 15.0 Å². The number of nitrogen functional groups attached to an aromatic ring is 1. The second-order valence-electron chi connectivity index (χ2n) is 4.58. The Balaban J connectivity index is 2.08. The number of carbonyl (C=O) groups excluding carboxylic acids is 1. The number of rotatable bonds is 4. The molecule has 7 heteroatoms. The van der Waals surface area contributed by atoms with Gasteiger partial charge in [0, 0.05) is 12.1 Å². The third-order valence-electron chi connectivity index (χ3n) is 3.23. The summed E-state index contributed by atoms with van der Waals surface area (Å²) in [5.74, 6) is 5.56. The van der Waals surface area contributed by atoms with Crippen molar-refractivity contribution >= 4 is 5.91 Å². The number of nitrogens with zero attached hydrogens (tertiary/aromatic N) is 1. The highest BCUT2D eigenvalue weighted by Gasteiger charge is 2.24. The Kier molecular flexibility index (Phi) is 4.54. The first-order chi connectivity index (χ1) is 9.15. The van der Waals surface area contributed by atoms with Crippen LogP contribution in [0.15, 0.2) is 10.5 Å². The van der Waals surface area contributed by atoms with Crippen molar-refractivity contribution in [2.75, 3.05) is 26.4 Å². The van der Waals surface area contributed by atoms with E-state index in [1.807, 2.05) is 6.07 Å². The van der Waals surface area contributed by atoms with Crippen molar-refractivity contribution in [3.63, 3.8) is 0 Å². The molecule has 2 rings (SSSR count). The predicted octanol–water partition coefficient (Wildman–Crippen LogP) is -0.615. The Morgan fingerprint density at radius 3 is 3.16 bits per heavy atom. The second kappa shape index (κ2) is 6.16. The standard InChI is InChI=1S/C12H19N3O4/c1-8-4-10(19-11(8)12(17)14-13)5-15-2-3-18-7-9(15)6-16/h4,9,16H,2-3,5-7,13H2,1H3,(H,14,17). The zero-order valence-corrected chi connectivity index (χ0v) is 10.9. The number of nitrogens with two attached hydrogens (primary N) is 1. The van der Waals surface area contributed by atoms with Crippen molar-refractivity contribution in [1.29, 1.82) is 0 Å². The zero-order valence-electron chi connectivity index (χ0n) is 10.9. The topological polar surface area (TPSA) is 101 Å². The van der Waals surface area contributed by atoms with Gasteiger partial charge in [0.25, 0.3) is 0 Å². The van der Waals surface area contributed by atoms with Gasteiger partial charge in [-0.2, -0.15) is 0 Å². The van der Waals surface area contributed by atoms with Gasteiger partial charge in [0.05, 0.1) is 32.4 Å². The maximum absolute atomic E-state index is 11.5. The van der Waals surface area contributed by atoms with E-state index in [9.17, 15) is 9.90 Å². The molecule has 0 bridgehead atoms. The summed E-state index contributed by atoms with van der Waals surface area (Å²) in [5.41, 5.74) is 2.80. The van der Waals surface area contributed by atoms with Gasteiger partial charge in [0.2, 0.25) is 0 Å². The fraction of sp³-hybridized carbons (Fsp3) is 0.583. The molecule has 1 aliphatic rings. The number of nitrogens with one attached hydrogen (secondary N) is 1. The van der Waals surface area contributed by atoms with Crippen LogP contribution in [-0.2, 0) is 11.3 Å². The molecule has 0 aliphatic carbocycles. The van der Waals surface area contributed by atoms with Gasteiger partial charge in [0.15, 0.2) is 5.76 Å². The molecule has 4 N–H and O–H groups in total. The molecule has 106 valence electrons. The van der Waals surface area contributed by atoms with Crippen LogP contribution < -0.4 is 11.3 Å². The van der Waals surface area contributed by atoms with Crippen molar-refractivity contribution in [1.82, 2.24) is 10.3 Å². The SMILES string of the molecule is Cc1cc(CN2CCOCC2CO)oc1C(=O)NN. The summed E-state index contributed by atoms with van der Waals surface area (Å²) >= 11 is 0. The first-order valence-electron chi connectivity index (χ1n) is 6.18. The van der Waals surface area contributed by atoms with E-state index in [-0.39, 0.29) is 18.4 Å². The lowest BCUT2D eigenvalue weighted by Gasteiger charge is -2.33. The largest absolute Gasteiger partial charge is 0.454 e. The molecule has 19 heavy (non-hydrogen) atoms. The Morgan fingerprint density at radius 1 is 1.68 bits per heavy atom. The first kappa shape index (κ1) is 14.0. The van der Waals surface area contributed by atoms with E-state index in [2.05, 4.69) is 10.3 Å². The number of ether oxygens (including phenoxy) is 1. The molecule has 1 aromatic rings. The van der Waals surface area contributed by atoms with Crippen LogP contribution in [0.25, 0.3) is 0 Å². The van der Waals surface area contributed by atoms with Crippen LogP contribution in [-0.4, -0.2) is 48.3 Å². The van der Waals surface area contributed by atoms with E-state index in [0.717, 1.165) is 12.1 Å².